The van der Waals surface area contributed by atoms with Gasteiger partial charge in [0.2, 0.25) is 5.95 Å². The number of aliphatic hydroxyl groups is 1. The van der Waals surface area contributed by atoms with Gasteiger partial charge in [-0.1, -0.05) is 13.8 Å². The molecule has 0 saturated carbocycles. The molecule has 1 rings (SSSR count). The lowest BCUT2D eigenvalue weighted by atomic mass is 10.1. The normalized spacial score (nSPS) is 12.6. The highest BCUT2D eigenvalue weighted by Gasteiger charge is 2.08. The topological polar surface area (TPSA) is 70.1 Å². The fourth-order valence-corrected chi connectivity index (χ4v) is 1.75. The number of aryl methyl sites for hydroxylation is 1. The Hall–Kier alpha value is -1.36. The summed E-state index contributed by atoms with van der Waals surface area (Å²) >= 11 is 0. The number of nitrogens with one attached hydrogen (secondary N) is 2. The van der Waals surface area contributed by atoms with E-state index >= 15 is 0 Å². The van der Waals surface area contributed by atoms with Crippen molar-refractivity contribution in [1.29, 1.82) is 0 Å². The van der Waals surface area contributed by atoms with Crippen molar-refractivity contribution in [2.75, 3.05) is 23.7 Å². The van der Waals surface area contributed by atoms with Crippen molar-refractivity contribution in [3.8, 4) is 0 Å². The Balaban J connectivity index is 2.56. The molecule has 3 N–H and O–H groups in total. The molecule has 0 fully saturated rings. The zero-order valence-electron chi connectivity index (χ0n) is 11.7. The average molecular weight is 252 g/mol. The summed E-state index contributed by atoms with van der Waals surface area (Å²) in [5, 5.41) is 16.0. The van der Waals surface area contributed by atoms with Crippen molar-refractivity contribution in [2.45, 2.75) is 40.2 Å². The van der Waals surface area contributed by atoms with Crippen molar-refractivity contribution < 1.29 is 5.11 Å². The molecule has 0 aromatic carbocycles. The van der Waals surface area contributed by atoms with Gasteiger partial charge in [0, 0.05) is 24.8 Å². The Morgan fingerprint density at radius 2 is 2.00 bits per heavy atom. The van der Waals surface area contributed by atoms with Gasteiger partial charge in [-0.05, 0) is 26.2 Å². The zero-order valence-corrected chi connectivity index (χ0v) is 11.7. The van der Waals surface area contributed by atoms with Crippen molar-refractivity contribution in [1.82, 2.24) is 9.97 Å². The number of aliphatic hydroxyl groups excluding tert-OH is 1. The quantitative estimate of drug-likeness (QED) is 0.692. The van der Waals surface area contributed by atoms with E-state index in [9.17, 15) is 5.11 Å². The van der Waals surface area contributed by atoms with Crippen LogP contribution in [0, 0.1) is 12.8 Å². The van der Waals surface area contributed by atoms with Gasteiger partial charge in [0.25, 0.3) is 0 Å². The summed E-state index contributed by atoms with van der Waals surface area (Å²) in [6, 6.07) is 1.88. The number of hydrogen-bond acceptors (Lipinski definition) is 5. The average Bonchev–Trinajstić information content (AvgIpc) is 2.25. The first kappa shape index (κ1) is 14.7. The maximum atomic E-state index is 9.80. The molecule has 5 heteroatoms. The first-order valence-electron chi connectivity index (χ1n) is 6.52. The second-order valence-electron chi connectivity index (χ2n) is 4.91. The van der Waals surface area contributed by atoms with Gasteiger partial charge in [-0.3, -0.25) is 0 Å². The van der Waals surface area contributed by atoms with Crippen molar-refractivity contribution >= 4 is 11.8 Å². The van der Waals surface area contributed by atoms with Crippen LogP contribution in [-0.4, -0.2) is 34.3 Å². The van der Waals surface area contributed by atoms with Crippen molar-refractivity contribution in [2.24, 2.45) is 5.92 Å². The second kappa shape index (κ2) is 7.16. The van der Waals surface area contributed by atoms with Crippen LogP contribution in [0.15, 0.2) is 6.07 Å². The van der Waals surface area contributed by atoms with E-state index in [0.29, 0.717) is 18.4 Å². The highest BCUT2D eigenvalue weighted by Crippen LogP contribution is 2.11. The molecule has 0 aliphatic carbocycles. The summed E-state index contributed by atoms with van der Waals surface area (Å²) in [6.07, 6.45) is 0.444. The van der Waals surface area contributed by atoms with Crippen LogP contribution in [0.3, 0.4) is 0 Å². The largest absolute Gasteiger partial charge is 0.391 e. The van der Waals surface area contributed by atoms with Crippen molar-refractivity contribution in [3.63, 3.8) is 0 Å². The van der Waals surface area contributed by atoms with Crippen LogP contribution < -0.4 is 10.6 Å². The lowest BCUT2D eigenvalue weighted by molar-refractivity contribution is 0.161. The molecule has 1 aromatic heterocycles. The maximum absolute atomic E-state index is 9.80. The third kappa shape index (κ3) is 5.31. The minimum Gasteiger partial charge on any atom is -0.391 e. The monoisotopic (exact) mass is 252 g/mol. The summed E-state index contributed by atoms with van der Waals surface area (Å²) in [5.41, 5.74) is 0.904. The van der Waals surface area contributed by atoms with E-state index in [1.54, 1.807) is 0 Å². The number of anilines is 2. The molecular weight excluding hydrogens is 228 g/mol. The molecular formula is C13H24N4O. The third-order valence-corrected chi connectivity index (χ3v) is 2.45. The van der Waals surface area contributed by atoms with Crippen LogP contribution >= 0.6 is 0 Å². The maximum Gasteiger partial charge on any atom is 0.224 e. The smallest absolute Gasteiger partial charge is 0.224 e. The van der Waals surface area contributed by atoms with E-state index in [1.165, 1.54) is 0 Å². The van der Waals surface area contributed by atoms with E-state index in [4.69, 9.17) is 0 Å². The highest BCUT2D eigenvalue weighted by molar-refractivity contribution is 5.42. The predicted molar refractivity (Wildman–Crippen MR) is 74.9 cm³/mol. The summed E-state index contributed by atoms with van der Waals surface area (Å²) in [6.45, 7) is 9.44. The molecule has 0 aliphatic rings. The third-order valence-electron chi connectivity index (χ3n) is 2.45. The first-order valence-corrected chi connectivity index (χ1v) is 6.52. The molecule has 0 aliphatic heterocycles. The zero-order chi connectivity index (χ0) is 13.5. The molecule has 0 spiro atoms. The van der Waals surface area contributed by atoms with E-state index in [-0.39, 0.29) is 6.10 Å². The van der Waals surface area contributed by atoms with Crippen LogP contribution in [0.5, 0.6) is 0 Å². The lowest BCUT2D eigenvalue weighted by Crippen LogP contribution is -2.22. The fraction of sp³-hybridized carbons (Fsp3) is 0.692. The van der Waals surface area contributed by atoms with E-state index in [0.717, 1.165) is 24.5 Å². The summed E-state index contributed by atoms with van der Waals surface area (Å²) in [7, 11) is 0. The molecule has 0 bridgehead atoms. The molecule has 1 heterocycles. The summed E-state index contributed by atoms with van der Waals surface area (Å²) < 4.78 is 0. The van der Waals surface area contributed by atoms with Crippen LogP contribution in [0.25, 0.3) is 0 Å². The molecule has 1 unspecified atom stereocenters. The fourth-order valence-electron chi connectivity index (χ4n) is 1.75. The van der Waals surface area contributed by atoms with Crippen LogP contribution in [0.4, 0.5) is 11.8 Å². The number of nitrogens with zero attached hydrogens (tertiary/aromatic N) is 2. The van der Waals surface area contributed by atoms with Gasteiger partial charge >= 0.3 is 0 Å². The Bertz CT molecular complexity index is 368. The second-order valence-corrected chi connectivity index (χ2v) is 4.91. The van der Waals surface area contributed by atoms with Gasteiger partial charge in [0.05, 0.1) is 6.10 Å². The summed E-state index contributed by atoms with van der Waals surface area (Å²) in [5.74, 6) is 1.87. The Kier molecular flexibility index (Phi) is 5.85. The van der Waals surface area contributed by atoms with E-state index in [1.807, 2.05) is 19.9 Å². The Morgan fingerprint density at radius 3 is 2.61 bits per heavy atom. The van der Waals surface area contributed by atoms with Gasteiger partial charge in [-0.2, -0.15) is 4.98 Å². The molecule has 102 valence electrons. The van der Waals surface area contributed by atoms with E-state index in [2.05, 4.69) is 34.4 Å². The SMILES string of the molecule is CCNc1nc(C)cc(NCC(O)CC(C)C)n1. The molecule has 1 atom stereocenters. The van der Waals surface area contributed by atoms with Crippen molar-refractivity contribution in [3.05, 3.63) is 11.8 Å². The highest BCUT2D eigenvalue weighted by atomic mass is 16.3. The Morgan fingerprint density at radius 1 is 1.28 bits per heavy atom. The van der Waals surface area contributed by atoms with Gasteiger partial charge in [-0.15, -0.1) is 0 Å². The molecule has 18 heavy (non-hydrogen) atoms. The Labute approximate surface area is 109 Å². The molecule has 0 radical (unpaired) electrons. The predicted octanol–water partition coefficient (Wildman–Crippen LogP) is 2.04. The van der Waals surface area contributed by atoms with Gasteiger partial charge in [0.15, 0.2) is 0 Å². The van der Waals surface area contributed by atoms with Crippen LogP contribution in [-0.2, 0) is 0 Å². The first-order chi connectivity index (χ1) is 8.51. The molecule has 1 aromatic rings. The van der Waals surface area contributed by atoms with Gasteiger partial charge < -0.3 is 15.7 Å². The summed E-state index contributed by atoms with van der Waals surface area (Å²) in [4.78, 5) is 8.60. The molecule has 0 amide bonds. The van der Waals surface area contributed by atoms with Gasteiger partial charge in [0.1, 0.15) is 5.82 Å². The molecule has 0 saturated heterocycles. The molecule has 5 nitrogen and oxygen atoms in total. The number of hydrogen-bond donors (Lipinski definition) is 3. The van der Waals surface area contributed by atoms with Gasteiger partial charge in [-0.25, -0.2) is 4.98 Å². The van der Waals surface area contributed by atoms with E-state index < -0.39 is 0 Å². The number of rotatable bonds is 7. The van der Waals surface area contributed by atoms with Crippen LogP contribution in [0.2, 0.25) is 0 Å². The minimum absolute atomic E-state index is 0.345. The van der Waals surface area contributed by atoms with Crippen LogP contribution in [0.1, 0.15) is 32.9 Å². The number of aromatic nitrogens is 2. The lowest BCUT2D eigenvalue weighted by Gasteiger charge is -2.15. The standard InChI is InChI=1S/C13H24N4O/c1-5-14-13-16-10(4)7-12(17-13)15-8-11(18)6-9(2)3/h7,9,11,18H,5-6,8H2,1-4H3,(H2,14,15,16,17). The minimum atomic E-state index is -0.345.